The van der Waals surface area contributed by atoms with E-state index in [1.54, 1.807) is 22.6 Å². The number of hydrogen-bond donors (Lipinski definition) is 1. The van der Waals surface area contributed by atoms with Gasteiger partial charge in [-0.15, -0.1) is 0 Å². The molecule has 0 aromatic carbocycles. The largest absolute Gasteiger partial charge is 0.476 e. The van der Waals surface area contributed by atoms with Gasteiger partial charge in [0.1, 0.15) is 8.85 Å². The molecule has 0 spiro atoms. The molecule has 1 N–H and O–H groups in total. The highest BCUT2D eigenvalue weighted by Gasteiger charge is 2.10. The van der Waals surface area contributed by atoms with Crippen molar-refractivity contribution in [3.63, 3.8) is 0 Å². The summed E-state index contributed by atoms with van der Waals surface area (Å²) in [7, 11) is 0. The summed E-state index contributed by atoms with van der Waals surface area (Å²) in [5.41, 5.74) is -0.113. The minimum Gasteiger partial charge on any atom is -0.476 e. The van der Waals surface area contributed by atoms with Crippen LogP contribution in [0.1, 0.15) is 10.5 Å². The second-order valence-electron chi connectivity index (χ2n) is 1.64. The molecule has 0 atom stereocenters. The van der Waals surface area contributed by atoms with Gasteiger partial charge in [0, 0.05) is 0 Å². The zero-order valence-corrected chi connectivity index (χ0v) is 8.00. The Morgan fingerprint density at radius 3 is 2.82 bits per heavy atom. The Morgan fingerprint density at radius 2 is 2.36 bits per heavy atom. The Morgan fingerprint density at radius 1 is 1.73 bits per heavy atom. The molecule has 6 heteroatoms. The van der Waals surface area contributed by atoms with Crippen LogP contribution in [0.2, 0.25) is 5.15 Å². The van der Waals surface area contributed by atoms with Crippen molar-refractivity contribution in [3.8, 4) is 0 Å². The third-order valence-corrected chi connectivity index (χ3v) is 1.87. The molecule has 11 heavy (non-hydrogen) atoms. The minimum atomic E-state index is -1.12. The van der Waals surface area contributed by atoms with Crippen LogP contribution in [0.25, 0.3) is 0 Å². The predicted octanol–water partition coefficient (Wildman–Crippen LogP) is 1.43. The van der Waals surface area contributed by atoms with Gasteiger partial charge in [-0.3, -0.25) is 0 Å². The topological polar surface area (TPSA) is 63.1 Å². The van der Waals surface area contributed by atoms with Crippen molar-refractivity contribution >= 4 is 40.2 Å². The van der Waals surface area contributed by atoms with Crippen LogP contribution in [0, 0.1) is 3.70 Å². The average Bonchev–Trinajstić information content (AvgIpc) is 1.94. The molecular formula is C5H2ClIN2O2. The predicted molar refractivity (Wildman–Crippen MR) is 46.7 cm³/mol. The van der Waals surface area contributed by atoms with Crippen LogP contribution in [0.5, 0.6) is 0 Å². The highest BCUT2D eigenvalue weighted by Crippen LogP contribution is 2.09. The first kappa shape index (κ1) is 8.66. The van der Waals surface area contributed by atoms with E-state index in [1.807, 2.05) is 0 Å². The van der Waals surface area contributed by atoms with Crippen LogP contribution in [0.15, 0.2) is 6.20 Å². The first-order chi connectivity index (χ1) is 5.11. The maximum atomic E-state index is 10.4. The molecule has 0 amide bonds. The third kappa shape index (κ3) is 2.00. The number of carbonyl (C=O) groups is 1. The van der Waals surface area contributed by atoms with Gasteiger partial charge in [0.2, 0.25) is 0 Å². The van der Waals surface area contributed by atoms with Gasteiger partial charge in [-0.25, -0.2) is 14.8 Å². The number of carboxylic acids is 1. The smallest absolute Gasteiger partial charge is 0.357 e. The second kappa shape index (κ2) is 3.31. The van der Waals surface area contributed by atoms with Crippen molar-refractivity contribution in [2.45, 2.75) is 0 Å². The third-order valence-electron chi connectivity index (χ3n) is 0.901. The summed E-state index contributed by atoms with van der Waals surface area (Å²) in [4.78, 5) is 17.7. The first-order valence-electron chi connectivity index (χ1n) is 2.52. The normalized spacial score (nSPS) is 9.64. The summed E-state index contributed by atoms with van der Waals surface area (Å²) >= 11 is 7.20. The maximum Gasteiger partial charge on any atom is 0.357 e. The van der Waals surface area contributed by atoms with Gasteiger partial charge in [-0.1, -0.05) is 11.6 Å². The van der Waals surface area contributed by atoms with E-state index in [0.717, 1.165) is 0 Å². The van der Waals surface area contributed by atoms with Crippen molar-refractivity contribution in [1.82, 2.24) is 9.97 Å². The molecule has 0 aliphatic heterocycles. The Bertz CT molecular complexity index is 305. The number of hydrogen-bond acceptors (Lipinski definition) is 3. The van der Waals surface area contributed by atoms with Gasteiger partial charge in [0.15, 0.2) is 5.69 Å². The number of aromatic nitrogens is 2. The summed E-state index contributed by atoms with van der Waals surface area (Å²) in [6.45, 7) is 0. The Labute approximate surface area is 80.8 Å². The van der Waals surface area contributed by atoms with Gasteiger partial charge in [-0.05, 0) is 22.6 Å². The monoisotopic (exact) mass is 284 g/mol. The lowest BCUT2D eigenvalue weighted by Crippen LogP contribution is -2.04. The van der Waals surface area contributed by atoms with Crippen LogP contribution < -0.4 is 0 Å². The molecule has 1 heterocycles. The molecule has 0 fully saturated rings. The van der Waals surface area contributed by atoms with Crippen molar-refractivity contribution in [2.24, 2.45) is 0 Å². The molecule has 1 aromatic heterocycles. The zero-order chi connectivity index (χ0) is 8.43. The molecule has 0 saturated heterocycles. The molecule has 58 valence electrons. The molecule has 1 aromatic rings. The van der Waals surface area contributed by atoms with E-state index in [9.17, 15) is 4.79 Å². The van der Waals surface area contributed by atoms with E-state index in [0.29, 0.717) is 3.70 Å². The Kier molecular flexibility index (Phi) is 2.61. The van der Waals surface area contributed by atoms with Crippen LogP contribution >= 0.6 is 34.2 Å². The van der Waals surface area contributed by atoms with Crippen molar-refractivity contribution in [3.05, 3.63) is 20.7 Å². The highest BCUT2D eigenvalue weighted by atomic mass is 127. The van der Waals surface area contributed by atoms with E-state index in [2.05, 4.69) is 9.97 Å². The molecule has 0 unspecified atom stereocenters. The van der Waals surface area contributed by atoms with E-state index >= 15 is 0 Å². The fourth-order valence-electron chi connectivity index (χ4n) is 0.489. The standard InChI is InChI=1S/C5H2ClIN2O2/c6-2-1-8-4(7)3(9-2)5(10)11/h1H,(H,10,11). The van der Waals surface area contributed by atoms with Gasteiger partial charge in [0.25, 0.3) is 0 Å². The van der Waals surface area contributed by atoms with E-state index in [-0.39, 0.29) is 10.8 Å². The van der Waals surface area contributed by atoms with Gasteiger partial charge >= 0.3 is 5.97 Å². The summed E-state index contributed by atoms with van der Waals surface area (Å²) < 4.78 is 0.333. The quantitative estimate of drug-likeness (QED) is 0.793. The summed E-state index contributed by atoms with van der Waals surface area (Å²) in [6, 6.07) is 0. The number of nitrogens with zero attached hydrogens (tertiary/aromatic N) is 2. The summed E-state index contributed by atoms with van der Waals surface area (Å²) in [6.07, 6.45) is 1.30. The van der Waals surface area contributed by atoms with Crippen LogP contribution in [-0.4, -0.2) is 21.0 Å². The lowest BCUT2D eigenvalue weighted by atomic mass is 10.5. The lowest BCUT2D eigenvalue weighted by molar-refractivity contribution is 0.0688. The minimum absolute atomic E-state index is 0.0859. The van der Waals surface area contributed by atoms with Crippen LogP contribution in [0.4, 0.5) is 0 Å². The Balaban J connectivity index is 3.23. The Hall–Kier alpha value is -0.430. The maximum absolute atomic E-state index is 10.4. The zero-order valence-electron chi connectivity index (χ0n) is 5.08. The van der Waals surface area contributed by atoms with E-state index in [4.69, 9.17) is 16.7 Å². The van der Waals surface area contributed by atoms with Crippen molar-refractivity contribution < 1.29 is 9.90 Å². The summed E-state index contributed by atoms with van der Waals surface area (Å²) in [5, 5.41) is 8.61. The van der Waals surface area contributed by atoms with Crippen molar-refractivity contribution in [2.75, 3.05) is 0 Å². The molecule has 0 aliphatic rings. The molecular weight excluding hydrogens is 282 g/mol. The lowest BCUT2D eigenvalue weighted by Gasteiger charge is -1.95. The SMILES string of the molecule is O=C(O)c1nc(Cl)cnc1I. The number of aromatic carboxylic acids is 1. The number of halogens is 2. The molecule has 4 nitrogen and oxygen atoms in total. The highest BCUT2D eigenvalue weighted by molar-refractivity contribution is 14.1. The average molecular weight is 284 g/mol. The van der Waals surface area contributed by atoms with E-state index < -0.39 is 5.97 Å². The van der Waals surface area contributed by atoms with Crippen LogP contribution in [-0.2, 0) is 0 Å². The fraction of sp³-hybridized carbons (Fsp3) is 0. The fourth-order valence-corrected chi connectivity index (χ4v) is 1.11. The number of rotatable bonds is 1. The molecule has 0 radical (unpaired) electrons. The van der Waals surface area contributed by atoms with Gasteiger partial charge in [-0.2, -0.15) is 0 Å². The number of carboxylic acid groups (broad SMARTS) is 1. The summed E-state index contributed by atoms with van der Waals surface area (Å²) in [5.74, 6) is -1.12. The van der Waals surface area contributed by atoms with Crippen LogP contribution in [0.3, 0.4) is 0 Å². The molecule has 0 aliphatic carbocycles. The first-order valence-corrected chi connectivity index (χ1v) is 3.98. The van der Waals surface area contributed by atoms with Crippen molar-refractivity contribution in [1.29, 1.82) is 0 Å². The van der Waals surface area contributed by atoms with Gasteiger partial charge in [0.05, 0.1) is 6.20 Å². The molecule has 0 bridgehead atoms. The van der Waals surface area contributed by atoms with E-state index in [1.165, 1.54) is 6.20 Å². The molecule has 1 rings (SSSR count). The second-order valence-corrected chi connectivity index (χ2v) is 3.05. The molecule has 0 saturated carbocycles. The van der Waals surface area contributed by atoms with Gasteiger partial charge < -0.3 is 5.11 Å².